The third-order valence-electron chi connectivity index (χ3n) is 3.20. The van der Waals surface area contributed by atoms with Crippen LogP contribution in [0.3, 0.4) is 0 Å². The minimum atomic E-state index is -0.0807. The first-order chi connectivity index (χ1) is 7.27. The first-order valence-electron chi connectivity index (χ1n) is 6.26. The van der Waals surface area contributed by atoms with Gasteiger partial charge in [0.25, 0.3) is 0 Å². The molecule has 3 heteroatoms. The van der Waals surface area contributed by atoms with Gasteiger partial charge >= 0.3 is 0 Å². The summed E-state index contributed by atoms with van der Waals surface area (Å²) in [6.07, 6.45) is 3.01. The Bertz CT molecular complexity index is 164. The molecule has 0 spiro atoms. The summed E-state index contributed by atoms with van der Waals surface area (Å²) in [6, 6.07) is 0. The van der Waals surface area contributed by atoms with Crippen molar-refractivity contribution < 1.29 is 9.84 Å². The Hall–Kier alpha value is -0.120. The molecule has 0 amide bonds. The van der Waals surface area contributed by atoms with Gasteiger partial charge in [-0.1, -0.05) is 13.8 Å². The summed E-state index contributed by atoms with van der Waals surface area (Å²) in [4.78, 5) is 2.41. The van der Waals surface area contributed by atoms with Gasteiger partial charge in [0.1, 0.15) is 0 Å². The van der Waals surface area contributed by atoms with Crippen molar-refractivity contribution in [1.29, 1.82) is 0 Å². The molecule has 1 fully saturated rings. The van der Waals surface area contributed by atoms with E-state index in [9.17, 15) is 5.11 Å². The molecule has 1 aliphatic heterocycles. The lowest BCUT2D eigenvalue weighted by Gasteiger charge is -2.35. The van der Waals surface area contributed by atoms with Crippen molar-refractivity contribution in [2.45, 2.75) is 39.2 Å². The Labute approximate surface area is 93.4 Å². The molecule has 1 rings (SSSR count). The van der Waals surface area contributed by atoms with Crippen molar-refractivity contribution >= 4 is 0 Å². The summed E-state index contributed by atoms with van der Waals surface area (Å²) in [5.41, 5.74) is 0. The maximum atomic E-state index is 9.74. The van der Waals surface area contributed by atoms with Crippen molar-refractivity contribution in [2.75, 3.05) is 32.8 Å². The summed E-state index contributed by atoms with van der Waals surface area (Å²) >= 11 is 0. The maximum Gasteiger partial charge on any atom is 0.0593 e. The quantitative estimate of drug-likeness (QED) is 0.682. The molecule has 0 aromatic carbocycles. The largest absolute Gasteiger partial charge is 0.393 e. The summed E-state index contributed by atoms with van der Waals surface area (Å²) in [7, 11) is 0. The summed E-state index contributed by atoms with van der Waals surface area (Å²) in [5, 5.41) is 9.74. The van der Waals surface area contributed by atoms with Gasteiger partial charge in [0.2, 0.25) is 0 Å². The molecule has 1 N–H and O–H groups in total. The van der Waals surface area contributed by atoms with E-state index < -0.39 is 0 Å². The predicted molar refractivity (Wildman–Crippen MR) is 62.0 cm³/mol. The van der Waals surface area contributed by atoms with Gasteiger partial charge in [-0.25, -0.2) is 0 Å². The third-order valence-corrected chi connectivity index (χ3v) is 3.20. The van der Waals surface area contributed by atoms with Crippen LogP contribution in [0.25, 0.3) is 0 Å². The van der Waals surface area contributed by atoms with Gasteiger partial charge in [-0.2, -0.15) is 0 Å². The first-order valence-corrected chi connectivity index (χ1v) is 6.26. The highest BCUT2D eigenvalue weighted by molar-refractivity contribution is 4.78. The fourth-order valence-electron chi connectivity index (χ4n) is 2.14. The minimum absolute atomic E-state index is 0.0807. The number of rotatable bonds is 6. The fraction of sp³-hybridized carbons (Fsp3) is 1.00. The summed E-state index contributed by atoms with van der Waals surface area (Å²) in [5.74, 6) is 0.463. The van der Waals surface area contributed by atoms with Gasteiger partial charge in [-0.05, 0) is 25.2 Å². The molecule has 3 nitrogen and oxygen atoms in total. The standard InChI is InChI=1S/C12H25NO2/c1-3-8-15-9-7-13-6-5-12(14)11(4-2)10-13/h11-12,14H,3-10H2,1-2H3. The van der Waals surface area contributed by atoms with Gasteiger partial charge in [0, 0.05) is 26.2 Å². The second kappa shape index (κ2) is 7.20. The van der Waals surface area contributed by atoms with Gasteiger partial charge in [0.05, 0.1) is 12.7 Å². The lowest BCUT2D eigenvalue weighted by Crippen LogP contribution is -2.44. The van der Waals surface area contributed by atoms with E-state index in [4.69, 9.17) is 4.74 Å². The molecule has 1 aliphatic rings. The fourth-order valence-corrected chi connectivity index (χ4v) is 2.14. The van der Waals surface area contributed by atoms with Crippen LogP contribution in [0.5, 0.6) is 0 Å². The number of ether oxygens (including phenoxy) is 1. The Morgan fingerprint density at radius 3 is 2.80 bits per heavy atom. The van der Waals surface area contributed by atoms with E-state index >= 15 is 0 Å². The van der Waals surface area contributed by atoms with Gasteiger partial charge < -0.3 is 14.7 Å². The zero-order valence-corrected chi connectivity index (χ0v) is 10.1. The van der Waals surface area contributed by atoms with E-state index in [2.05, 4.69) is 18.7 Å². The molecular weight excluding hydrogens is 190 g/mol. The molecule has 15 heavy (non-hydrogen) atoms. The van der Waals surface area contributed by atoms with Crippen LogP contribution < -0.4 is 0 Å². The van der Waals surface area contributed by atoms with Crippen molar-refractivity contribution in [3.05, 3.63) is 0 Å². The molecule has 2 unspecified atom stereocenters. The number of hydrogen-bond acceptors (Lipinski definition) is 3. The summed E-state index contributed by atoms with van der Waals surface area (Å²) in [6.45, 7) is 9.06. The van der Waals surface area contributed by atoms with Gasteiger partial charge in [-0.3, -0.25) is 0 Å². The molecule has 0 aliphatic carbocycles. The topological polar surface area (TPSA) is 32.7 Å². The van der Waals surface area contributed by atoms with Crippen LogP contribution in [-0.4, -0.2) is 49.0 Å². The highest BCUT2D eigenvalue weighted by Gasteiger charge is 2.25. The molecule has 0 aromatic heterocycles. The monoisotopic (exact) mass is 215 g/mol. The number of hydrogen-bond donors (Lipinski definition) is 1. The van der Waals surface area contributed by atoms with Crippen molar-refractivity contribution in [2.24, 2.45) is 5.92 Å². The van der Waals surface area contributed by atoms with E-state index in [1.165, 1.54) is 0 Å². The van der Waals surface area contributed by atoms with Crippen LogP contribution in [0.1, 0.15) is 33.1 Å². The molecule has 1 heterocycles. The average molecular weight is 215 g/mol. The van der Waals surface area contributed by atoms with Crippen molar-refractivity contribution in [3.8, 4) is 0 Å². The Morgan fingerprint density at radius 2 is 2.13 bits per heavy atom. The molecule has 0 bridgehead atoms. The average Bonchev–Trinajstić information content (AvgIpc) is 2.26. The Kier molecular flexibility index (Phi) is 6.22. The van der Waals surface area contributed by atoms with E-state index in [0.717, 1.165) is 52.1 Å². The van der Waals surface area contributed by atoms with Crippen LogP contribution in [0.2, 0.25) is 0 Å². The van der Waals surface area contributed by atoms with Crippen LogP contribution in [-0.2, 0) is 4.74 Å². The number of aliphatic hydroxyl groups excluding tert-OH is 1. The first kappa shape index (κ1) is 12.9. The molecule has 1 saturated heterocycles. The molecule has 0 saturated carbocycles. The highest BCUT2D eigenvalue weighted by atomic mass is 16.5. The van der Waals surface area contributed by atoms with Crippen molar-refractivity contribution in [3.63, 3.8) is 0 Å². The molecular formula is C12H25NO2. The summed E-state index contributed by atoms with van der Waals surface area (Å²) < 4.78 is 5.48. The second-order valence-corrected chi connectivity index (χ2v) is 4.44. The molecule has 90 valence electrons. The van der Waals surface area contributed by atoms with Crippen LogP contribution in [0.4, 0.5) is 0 Å². The van der Waals surface area contributed by atoms with Crippen molar-refractivity contribution in [1.82, 2.24) is 4.90 Å². The van der Waals surface area contributed by atoms with E-state index in [-0.39, 0.29) is 6.10 Å². The number of nitrogens with zero attached hydrogens (tertiary/aromatic N) is 1. The molecule has 0 radical (unpaired) electrons. The number of piperidine rings is 1. The highest BCUT2D eigenvalue weighted by Crippen LogP contribution is 2.19. The number of aliphatic hydroxyl groups is 1. The molecule has 0 aromatic rings. The normalized spacial score (nSPS) is 28.2. The maximum absolute atomic E-state index is 9.74. The number of likely N-dealkylation sites (tertiary alicyclic amines) is 1. The lowest BCUT2D eigenvalue weighted by molar-refractivity contribution is 0.0122. The van der Waals surface area contributed by atoms with Crippen LogP contribution in [0, 0.1) is 5.92 Å². The zero-order chi connectivity index (χ0) is 11.1. The third kappa shape index (κ3) is 4.49. The van der Waals surface area contributed by atoms with Gasteiger partial charge in [0.15, 0.2) is 0 Å². The minimum Gasteiger partial charge on any atom is -0.393 e. The second-order valence-electron chi connectivity index (χ2n) is 4.44. The lowest BCUT2D eigenvalue weighted by atomic mass is 9.92. The van der Waals surface area contributed by atoms with Crippen LogP contribution in [0.15, 0.2) is 0 Å². The van der Waals surface area contributed by atoms with E-state index in [0.29, 0.717) is 5.92 Å². The van der Waals surface area contributed by atoms with E-state index in [1.807, 2.05) is 0 Å². The van der Waals surface area contributed by atoms with Crippen LogP contribution >= 0.6 is 0 Å². The SMILES string of the molecule is CCCOCCN1CCC(O)C(CC)C1. The van der Waals surface area contributed by atoms with E-state index in [1.54, 1.807) is 0 Å². The zero-order valence-electron chi connectivity index (χ0n) is 10.1. The smallest absolute Gasteiger partial charge is 0.0593 e. The molecule has 2 atom stereocenters. The Balaban J connectivity index is 2.14. The Morgan fingerprint density at radius 1 is 1.33 bits per heavy atom. The predicted octanol–water partition coefficient (Wildman–Crippen LogP) is 1.51. The van der Waals surface area contributed by atoms with Gasteiger partial charge in [-0.15, -0.1) is 0 Å².